The number of carbonyl (C=O) groups excluding carboxylic acids is 1. The van der Waals surface area contributed by atoms with E-state index in [-0.39, 0.29) is 6.04 Å². The van der Waals surface area contributed by atoms with Crippen molar-refractivity contribution in [1.82, 2.24) is 14.8 Å². The smallest absolute Gasteiger partial charge is 0.216 e. The van der Waals surface area contributed by atoms with Crippen LogP contribution in [0.1, 0.15) is 42.1 Å². The number of guanidine groups is 1. The summed E-state index contributed by atoms with van der Waals surface area (Å²) in [6.45, 7) is 5.42. The number of rotatable bonds is 4. The Kier molecular flexibility index (Phi) is 7.16. The number of hydrogen-bond donors (Lipinski definition) is 1. The molecule has 0 aliphatic carbocycles. The molecular formula is C24H28N6O. The van der Waals surface area contributed by atoms with Crippen LogP contribution in [0.5, 0.6) is 0 Å². The molecule has 0 atom stereocenters. The number of benzene rings is 1. The second-order valence-electron chi connectivity index (χ2n) is 7.80. The molecule has 160 valence electrons. The van der Waals surface area contributed by atoms with Crippen LogP contribution < -0.4 is 5.73 Å². The third-order valence-corrected chi connectivity index (χ3v) is 5.49. The van der Waals surface area contributed by atoms with E-state index in [1.807, 2.05) is 44.3 Å². The molecule has 1 aromatic heterocycles. The fourth-order valence-electron chi connectivity index (χ4n) is 3.51. The Morgan fingerprint density at radius 3 is 2.42 bits per heavy atom. The zero-order chi connectivity index (χ0) is 22.4. The van der Waals surface area contributed by atoms with Gasteiger partial charge in [0.15, 0.2) is 0 Å². The van der Waals surface area contributed by atoms with Crippen LogP contribution in [0.15, 0.2) is 47.6 Å². The van der Waals surface area contributed by atoms with Gasteiger partial charge in [-0.05, 0) is 56.0 Å². The normalized spacial score (nSPS) is 15.8. The number of likely N-dealkylation sites (tertiary alicyclic amines) is 1. The lowest BCUT2D eigenvalue weighted by atomic mass is 10.0. The number of aromatic nitrogens is 1. The molecule has 1 fully saturated rings. The van der Waals surface area contributed by atoms with Crippen molar-refractivity contribution in [2.24, 2.45) is 10.7 Å². The van der Waals surface area contributed by atoms with E-state index in [1.54, 1.807) is 19.2 Å². The Labute approximate surface area is 183 Å². The molecule has 0 unspecified atom stereocenters. The molecular weight excluding hydrogens is 388 g/mol. The van der Waals surface area contributed by atoms with Crippen LogP contribution in [-0.4, -0.2) is 53.3 Å². The maximum Gasteiger partial charge on any atom is 0.216 e. The predicted molar refractivity (Wildman–Crippen MR) is 123 cm³/mol. The van der Waals surface area contributed by atoms with E-state index < -0.39 is 0 Å². The van der Waals surface area contributed by atoms with Crippen molar-refractivity contribution in [3.63, 3.8) is 0 Å². The van der Waals surface area contributed by atoms with E-state index in [0.29, 0.717) is 11.5 Å². The highest BCUT2D eigenvalue weighted by Gasteiger charge is 2.23. The highest BCUT2D eigenvalue weighted by atomic mass is 16.1. The average molecular weight is 417 g/mol. The molecule has 3 rings (SSSR count). The van der Waals surface area contributed by atoms with Crippen LogP contribution in [0.2, 0.25) is 0 Å². The summed E-state index contributed by atoms with van der Waals surface area (Å²) in [6, 6.07) is 13.6. The number of allylic oxidation sites excluding steroid dienone is 1. The third-order valence-electron chi connectivity index (χ3n) is 5.49. The molecule has 31 heavy (non-hydrogen) atoms. The maximum absolute atomic E-state index is 11.7. The lowest BCUT2D eigenvalue weighted by Crippen LogP contribution is -2.48. The summed E-state index contributed by atoms with van der Waals surface area (Å²) in [5.41, 5.74) is 11.1. The van der Waals surface area contributed by atoms with Crippen molar-refractivity contribution < 1.29 is 4.79 Å². The molecule has 0 bridgehead atoms. The first-order valence-corrected chi connectivity index (χ1v) is 10.3. The highest BCUT2D eigenvalue weighted by Crippen LogP contribution is 2.28. The standard InChI is InChI=1S/C24H28N6O/c1-17-4-7-21(15-27-17)18(2)23(20-8-5-19(14-25)6-9-20)28-24(29(3)16-31)30-12-10-22(26)11-13-30/h4-9,15-16,22H,10-13,26H2,1-3H3/b23-18+,28-24?. The summed E-state index contributed by atoms with van der Waals surface area (Å²) in [6.07, 6.45) is 4.30. The van der Waals surface area contributed by atoms with Gasteiger partial charge in [-0.25, -0.2) is 4.99 Å². The Balaban J connectivity index is 2.15. The fourth-order valence-corrected chi connectivity index (χ4v) is 3.51. The summed E-state index contributed by atoms with van der Waals surface area (Å²) in [4.78, 5) is 24.7. The average Bonchev–Trinajstić information content (AvgIpc) is 2.80. The van der Waals surface area contributed by atoms with Crippen molar-refractivity contribution in [2.75, 3.05) is 20.1 Å². The molecule has 0 saturated carbocycles. The Hall–Kier alpha value is -3.50. The number of hydrogen-bond acceptors (Lipinski definition) is 5. The van der Waals surface area contributed by atoms with E-state index >= 15 is 0 Å². The monoisotopic (exact) mass is 416 g/mol. The van der Waals surface area contributed by atoms with Gasteiger partial charge in [0.2, 0.25) is 12.4 Å². The number of nitriles is 1. The van der Waals surface area contributed by atoms with Gasteiger partial charge in [0.1, 0.15) is 0 Å². The van der Waals surface area contributed by atoms with E-state index in [9.17, 15) is 4.79 Å². The largest absolute Gasteiger partial charge is 0.342 e. The third kappa shape index (κ3) is 5.36. The molecule has 0 spiro atoms. The van der Waals surface area contributed by atoms with Gasteiger partial charge in [-0.15, -0.1) is 0 Å². The molecule has 2 N–H and O–H groups in total. The first-order valence-electron chi connectivity index (χ1n) is 10.3. The SMILES string of the molecule is C/C(=C(\N=C(N(C)C=O)N1CCC(N)CC1)c1ccc(C#N)cc1)c1ccc(C)nc1. The number of pyridine rings is 1. The first-order chi connectivity index (χ1) is 14.9. The minimum Gasteiger partial charge on any atom is -0.342 e. The van der Waals surface area contributed by atoms with Gasteiger partial charge >= 0.3 is 0 Å². The minimum atomic E-state index is 0.174. The Bertz CT molecular complexity index is 1010. The topological polar surface area (TPSA) is 98.6 Å². The number of aliphatic imine (C=N–C) groups is 1. The van der Waals surface area contributed by atoms with Crippen LogP contribution in [0.4, 0.5) is 0 Å². The molecule has 1 amide bonds. The zero-order valence-electron chi connectivity index (χ0n) is 18.2. The van der Waals surface area contributed by atoms with Gasteiger partial charge in [0.25, 0.3) is 0 Å². The molecule has 0 radical (unpaired) electrons. The van der Waals surface area contributed by atoms with Gasteiger partial charge in [0, 0.05) is 43.6 Å². The number of amides is 1. The van der Waals surface area contributed by atoms with Gasteiger partial charge < -0.3 is 10.6 Å². The fraction of sp³-hybridized carbons (Fsp3) is 0.333. The lowest BCUT2D eigenvalue weighted by Gasteiger charge is -2.34. The molecule has 1 aliphatic heterocycles. The number of carbonyl (C=O) groups is 1. The van der Waals surface area contributed by atoms with Crippen molar-refractivity contribution in [3.05, 3.63) is 65.0 Å². The number of nitrogens with two attached hydrogens (primary N) is 1. The van der Waals surface area contributed by atoms with E-state index in [2.05, 4.69) is 16.0 Å². The Morgan fingerprint density at radius 2 is 1.87 bits per heavy atom. The second kappa shape index (κ2) is 10.0. The number of nitrogens with zero attached hydrogens (tertiary/aromatic N) is 5. The molecule has 1 aliphatic rings. The molecule has 7 heteroatoms. The summed E-state index contributed by atoms with van der Waals surface area (Å²) < 4.78 is 0. The Morgan fingerprint density at radius 1 is 1.23 bits per heavy atom. The van der Waals surface area contributed by atoms with E-state index in [1.165, 1.54) is 4.90 Å². The van der Waals surface area contributed by atoms with Crippen molar-refractivity contribution in [3.8, 4) is 6.07 Å². The maximum atomic E-state index is 11.7. The van der Waals surface area contributed by atoms with Crippen LogP contribution in [0, 0.1) is 18.3 Å². The summed E-state index contributed by atoms with van der Waals surface area (Å²) >= 11 is 0. The molecule has 1 saturated heterocycles. The first kappa shape index (κ1) is 22.2. The van der Waals surface area contributed by atoms with Crippen molar-refractivity contribution in [2.45, 2.75) is 32.7 Å². The highest BCUT2D eigenvalue weighted by molar-refractivity contribution is 5.98. The summed E-state index contributed by atoms with van der Waals surface area (Å²) in [5, 5.41) is 9.16. The minimum absolute atomic E-state index is 0.174. The summed E-state index contributed by atoms with van der Waals surface area (Å²) in [7, 11) is 1.71. The van der Waals surface area contributed by atoms with Crippen molar-refractivity contribution >= 4 is 23.6 Å². The molecule has 2 aromatic rings. The van der Waals surface area contributed by atoms with Crippen LogP contribution in [-0.2, 0) is 4.79 Å². The number of piperidine rings is 1. The second-order valence-corrected chi connectivity index (χ2v) is 7.80. The van der Waals surface area contributed by atoms with Crippen LogP contribution in [0.25, 0.3) is 11.3 Å². The van der Waals surface area contributed by atoms with Gasteiger partial charge in [-0.2, -0.15) is 5.26 Å². The van der Waals surface area contributed by atoms with Gasteiger partial charge in [0.05, 0.1) is 17.3 Å². The summed E-state index contributed by atoms with van der Waals surface area (Å²) in [5.74, 6) is 0.584. The zero-order valence-corrected chi connectivity index (χ0v) is 18.2. The van der Waals surface area contributed by atoms with Crippen LogP contribution in [0.3, 0.4) is 0 Å². The van der Waals surface area contributed by atoms with E-state index in [0.717, 1.165) is 60.4 Å². The van der Waals surface area contributed by atoms with E-state index in [4.69, 9.17) is 16.0 Å². The quantitative estimate of drug-likeness (QED) is 0.469. The van der Waals surface area contributed by atoms with Gasteiger partial charge in [-0.1, -0.05) is 18.2 Å². The van der Waals surface area contributed by atoms with Gasteiger partial charge in [-0.3, -0.25) is 14.7 Å². The van der Waals surface area contributed by atoms with Crippen molar-refractivity contribution in [1.29, 1.82) is 5.26 Å². The van der Waals surface area contributed by atoms with Crippen LogP contribution >= 0.6 is 0 Å². The lowest BCUT2D eigenvalue weighted by molar-refractivity contribution is -0.114. The molecule has 7 nitrogen and oxygen atoms in total. The number of aryl methyl sites for hydroxylation is 1. The predicted octanol–water partition coefficient (Wildman–Crippen LogP) is 3.02. The molecule has 1 aromatic carbocycles. The molecule has 2 heterocycles.